The molecule has 1 aromatic rings. The van der Waals surface area contributed by atoms with Crippen LogP contribution in [0.1, 0.15) is 5.56 Å². The van der Waals surface area contributed by atoms with Crippen LogP contribution in [0.15, 0.2) is 24.3 Å². The molecule has 0 unspecified atom stereocenters. The van der Waals surface area contributed by atoms with Gasteiger partial charge in [-0.05, 0) is 30.7 Å². The quantitative estimate of drug-likeness (QED) is 0.692. The lowest BCUT2D eigenvalue weighted by Gasteiger charge is -2.05. The van der Waals surface area contributed by atoms with Crippen molar-refractivity contribution in [3.05, 3.63) is 29.8 Å². The van der Waals surface area contributed by atoms with Gasteiger partial charge in [0.1, 0.15) is 5.75 Å². The number of nitrogens with one attached hydrogen (secondary N) is 2. The first-order valence-electron chi connectivity index (χ1n) is 5.30. The van der Waals surface area contributed by atoms with Gasteiger partial charge >= 0.3 is 0 Å². The first-order valence-corrected chi connectivity index (χ1v) is 5.30. The molecule has 0 saturated carbocycles. The van der Waals surface area contributed by atoms with Gasteiger partial charge in [-0.15, -0.1) is 0 Å². The molecule has 0 spiro atoms. The molecule has 4 nitrogen and oxygen atoms in total. The van der Waals surface area contributed by atoms with E-state index in [1.54, 1.807) is 14.2 Å². The molecular formula is C12H18N2O2. The standard InChI is InChI=1S/C12H18N2O2/c1-13-12(15)9-14-7-6-10-4-3-5-11(8-10)16-2/h3-5,8,14H,6-7,9H2,1-2H3,(H,13,15). The molecule has 0 fully saturated rings. The number of hydrogen-bond acceptors (Lipinski definition) is 3. The summed E-state index contributed by atoms with van der Waals surface area (Å²) in [5.41, 5.74) is 1.20. The number of rotatable bonds is 6. The first-order chi connectivity index (χ1) is 7.76. The number of hydrogen-bond donors (Lipinski definition) is 2. The third kappa shape index (κ3) is 4.31. The van der Waals surface area contributed by atoms with Gasteiger partial charge < -0.3 is 15.4 Å². The maximum absolute atomic E-state index is 10.9. The van der Waals surface area contributed by atoms with Crippen LogP contribution in [0.2, 0.25) is 0 Å². The smallest absolute Gasteiger partial charge is 0.233 e. The molecule has 0 atom stereocenters. The average Bonchev–Trinajstić information content (AvgIpc) is 2.34. The van der Waals surface area contributed by atoms with Gasteiger partial charge in [-0.2, -0.15) is 0 Å². The van der Waals surface area contributed by atoms with Gasteiger partial charge in [-0.25, -0.2) is 0 Å². The van der Waals surface area contributed by atoms with E-state index in [2.05, 4.69) is 10.6 Å². The van der Waals surface area contributed by atoms with E-state index >= 15 is 0 Å². The van der Waals surface area contributed by atoms with Crippen molar-refractivity contribution in [1.82, 2.24) is 10.6 Å². The number of carbonyl (C=O) groups excluding carboxylic acids is 1. The van der Waals surface area contributed by atoms with Gasteiger partial charge in [0.15, 0.2) is 0 Å². The fourth-order valence-corrected chi connectivity index (χ4v) is 1.35. The third-order valence-electron chi connectivity index (χ3n) is 2.29. The van der Waals surface area contributed by atoms with Crippen molar-refractivity contribution in [2.45, 2.75) is 6.42 Å². The highest BCUT2D eigenvalue weighted by Gasteiger charge is 1.98. The molecule has 16 heavy (non-hydrogen) atoms. The Bertz CT molecular complexity index is 340. The van der Waals surface area contributed by atoms with Gasteiger partial charge in [0.25, 0.3) is 0 Å². The maximum atomic E-state index is 10.9. The second-order valence-corrected chi connectivity index (χ2v) is 3.45. The average molecular weight is 222 g/mol. The Hall–Kier alpha value is -1.55. The van der Waals surface area contributed by atoms with E-state index in [0.29, 0.717) is 6.54 Å². The molecule has 88 valence electrons. The summed E-state index contributed by atoms with van der Waals surface area (Å²) in [4.78, 5) is 10.9. The zero-order valence-corrected chi connectivity index (χ0v) is 9.75. The fourth-order valence-electron chi connectivity index (χ4n) is 1.35. The van der Waals surface area contributed by atoms with Crippen LogP contribution in [0.5, 0.6) is 5.75 Å². The van der Waals surface area contributed by atoms with E-state index in [9.17, 15) is 4.79 Å². The number of benzene rings is 1. The van der Waals surface area contributed by atoms with E-state index in [1.165, 1.54) is 5.56 Å². The molecule has 0 heterocycles. The molecule has 0 aliphatic heterocycles. The van der Waals surface area contributed by atoms with Gasteiger partial charge in [-0.3, -0.25) is 4.79 Å². The van der Waals surface area contributed by atoms with E-state index in [1.807, 2.05) is 24.3 Å². The van der Waals surface area contributed by atoms with Crippen molar-refractivity contribution >= 4 is 5.91 Å². The van der Waals surface area contributed by atoms with Crippen LogP contribution in [0.3, 0.4) is 0 Å². The van der Waals surface area contributed by atoms with E-state index in [-0.39, 0.29) is 5.91 Å². The van der Waals surface area contributed by atoms with Crippen LogP contribution in [0.25, 0.3) is 0 Å². The summed E-state index contributed by atoms with van der Waals surface area (Å²) < 4.78 is 5.13. The Morgan fingerprint density at radius 1 is 1.44 bits per heavy atom. The summed E-state index contributed by atoms with van der Waals surface area (Å²) in [6.45, 7) is 1.14. The number of amides is 1. The first kappa shape index (κ1) is 12.5. The van der Waals surface area contributed by atoms with Crippen molar-refractivity contribution in [1.29, 1.82) is 0 Å². The molecule has 0 aromatic heterocycles. The molecule has 0 bridgehead atoms. The topological polar surface area (TPSA) is 50.4 Å². The molecule has 1 rings (SSSR count). The zero-order valence-electron chi connectivity index (χ0n) is 9.75. The van der Waals surface area contributed by atoms with Crippen molar-refractivity contribution in [2.24, 2.45) is 0 Å². The van der Waals surface area contributed by atoms with E-state index in [4.69, 9.17) is 4.74 Å². The van der Waals surface area contributed by atoms with Gasteiger partial charge in [0, 0.05) is 7.05 Å². The number of carbonyl (C=O) groups is 1. The van der Waals surface area contributed by atoms with E-state index < -0.39 is 0 Å². The molecule has 0 saturated heterocycles. The molecule has 4 heteroatoms. The molecule has 2 N–H and O–H groups in total. The largest absolute Gasteiger partial charge is 0.497 e. The molecule has 1 aromatic carbocycles. The third-order valence-corrected chi connectivity index (χ3v) is 2.29. The van der Waals surface area contributed by atoms with Crippen molar-refractivity contribution in [3.8, 4) is 5.75 Å². The minimum absolute atomic E-state index is 0.00522. The van der Waals surface area contributed by atoms with Crippen molar-refractivity contribution in [2.75, 3.05) is 27.2 Å². The molecule has 0 radical (unpaired) electrons. The Kier molecular flexibility index (Phi) is 5.36. The molecular weight excluding hydrogens is 204 g/mol. The van der Waals surface area contributed by atoms with Crippen LogP contribution in [-0.2, 0) is 11.2 Å². The molecule has 1 amide bonds. The second kappa shape index (κ2) is 6.85. The van der Waals surface area contributed by atoms with Crippen LogP contribution in [-0.4, -0.2) is 33.2 Å². The lowest BCUT2D eigenvalue weighted by Crippen LogP contribution is -2.32. The molecule has 0 aliphatic carbocycles. The van der Waals surface area contributed by atoms with Gasteiger partial charge in [0.05, 0.1) is 13.7 Å². The van der Waals surface area contributed by atoms with Crippen molar-refractivity contribution < 1.29 is 9.53 Å². The summed E-state index contributed by atoms with van der Waals surface area (Å²) in [6.07, 6.45) is 0.883. The predicted molar refractivity (Wildman–Crippen MR) is 63.6 cm³/mol. The summed E-state index contributed by atoms with van der Waals surface area (Å²) in [5, 5.41) is 5.63. The monoisotopic (exact) mass is 222 g/mol. The summed E-state index contributed by atoms with van der Waals surface area (Å²) in [7, 11) is 3.29. The van der Waals surface area contributed by atoms with Crippen LogP contribution >= 0.6 is 0 Å². The lowest BCUT2D eigenvalue weighted by atomic mass is 10.1. The molecule has 0 aliphatic rings. The minimum Gasteiger partial charge on any atom is -0.497 e. The maximum Gasteiger partial charge on any atom is 0.233 e. The normalized spacial score (nSPS) is 9.88. The minimum atomic E-state index is 0.00522. The summed E-state index contributed by atoms with van der Waals surface area (Å²) >= 11 is 0. The summed E-state index contributed by atoms with van der Waals surface area (Å²) in [5.74, 6) is 0.870. The second-order valence-electron chi connectivity index (χ2n) is 3.45. The predicted octanol–water partition coefficient (Wildman–Crippen LogP) is 0.573. The Balaban J connectivity index is 2.28. The van der Waals surface area contributed by atoms with Crippen LogP contribution in [0, 0.1) is 0 Å². The highest BCUT2D eigenvalue weighted by molar-refractivity contribution is 5.77. The fraction of sp³-hybridized carbons (Fsp3) is 0.417. The van der Waals surface area contributed by atoms with E-state index in [0.717, 1.165) is 18.7 Å². The highest BCUT2D eigenvalue weighted by atomic mass is 16.5. The number of methoxy groups -OCH3 is 1. The Morgan fingerprint density at radius 3 is 2.94 bits per heavy atom. The van der Waals surface area contributed by atoms with Gasteiger partial charge in [-0.1, -0.05) is 12.1 Å². The van der Waals surface area contributed by atoms with Gasteiger partial charge in [0.2, 0.25) is 5.91 Å². The highest BCUT2D eigenvalue weighted by Crippen LogP contribution is 2.12. The lowest BCUT2D eigenvalue weighted by molar-refractivity contribution is -0.119. The number of likely N-dealkylation sites (N-methyl/N-ethyl adjacent to an activating group) is 1. The van der Waals surface area contributed by atoms with Crippen LogP contribution < -0.4 is 15.4 Å². The Morgan fingerprint density at radius 2 is 2.25 bits per heavy atom. The SMILES string of the molecule is CNC(=O)CNCCc1cccc(OC)c1. The zero-order chi connectivity index (χ0) is 11.8. The van der Waals surface area contributed by atoms with Crippen LogP contribution in [0.4, 0.5) is 0 Å². The Labute approximate surface area is 96.0 Å². The number of ether oxygens (including phenoxy) is 1. The van der Waals surface area contributed by atoms with Crippen molar-refractivity contribution in [3.63, 3.8) is 0 Å². The summed E-state index contributed by atoms with van der Waals surface area (Å²) in [6, 6.07) is 7.93.